The summed E-state index contributed by atoms with van der Waals surface area (Å²) in [5.41, 5.74) is 1.18. The molecule has 2 N–H and O–H groups in total. The number of likely N-dealkylation sites (tertiary alicyclic amines) is 1. The van der Waals surface area contributed by atoms with Gasteiger partial charge in [0.05, 0.1) is 5.92 Å². The van der Waals surface area contributed by atoms with Crippen LogP contribution in [0, 0.1) is 5.92 Å². The molecule has 8 heteroatoms. The van der Waals surface area contributed by atoms with Crippen LogP contribution in [0.25, 0.3) is 0 Å². The van der Waals surface area contributed by atoms with Gasteiger partial charge in [-0.3, -0.25) is 10.1 Å². The molecule has 1 atom stereocenters. The van der Waals surface area contributed by atoms with Crippen molar-refractivity contribution in [1.29, 1.82) is 0 Å². The second-order valence-electron chi connectivity index (χ2n) is 6.35. The number of carboxylic acids is 1. The van der Waals surface area contributed by atoms with E-state index in [4.69, 9.17) is 5.11 Å². The molecular formula is C18H22N4O3S. The van der Waals surface area contributed by atoms with Crippen LogP contribution >= 0.6 is 11.3 Å². The van der Waals surface area contributed by atoms with E-state index < -0.39 is 5.97 Å². The Kier molecular flexibility index (Phi) is 5.82. The Balaban J connectivity index is 1.61. The molecule has 7 nitrogen and oxygen atoms in total. The van der Waals surface area contributed by atoms with Crippen LogP contribution in [0.2, 0.25) is 0 Å². The van der Waals surface area contributed by atoms with Crippen molar-refractivity contribution < 1.29 is 14.7 Å². The van der Waals surface area contributed by atoms with Crippen LogP contribution in [0.1, 0.15) is 42.7 Å². The van der Waals surface area contributed by atoms with Crippen LogP contribution in [0.15, 0.2) is 30.3 Å². The van der Waals surface area contributed by atoms with E-state index in [0.717, 1.165) is 11.4 Å². The van der Waals surface area contributed by atoms with E-state index in [9.17, 15) is 9.59 Å². The predicted molar refractivity (Wildman–Crippen MR) is 99.4 cm³/mol. The summed E-state index contributed by atoms with van der Waals surface area (Å²) in [4.78, 5) is 25.0. The molecule has 0 spiro atoms. The fourth-order valence-electron chi connectivity index (χ4n) is 3.16. The van der Waals surface area contributed by atoms with Gasteiger partial charge in [-0.2, -0.15) is 0 Å². The first-order valence-corrected chi connectivity index (χ1v) is 9.57. The van der Waals surface area contributed by atoms with Gasteiger partial charge in [0.15, 0.2) is 0 Å². The zero-order chi connectivity index (χ0) is 18.5. The fraction of sp³-hybridized carbons (Fsp3) is 0.444. The highest BCUT2D eigenvalue weighted by Crippen LogP contribution is 2.31. The highest BCUT2D eigenvalue weighted by atomic mass is 32.1. The summed E-state index contributed by atoms with van der Waals surface area (Å²) in [6, 6.07) is 9.88. The molecule has 1 fully saturated rings. The van der Waals surface area contributed by atoms with Gasteiger partial charge >= 0.3 is 12.0 Å². The van der Waals surface area contributed by atoms with Crippen molar-refractivity contribution in [2.24, 2.45) is 5.92 Å². The van der Waals surface area contributed by atoms with Crippen LogP contribution in [0.4, 0.5) is 9.93 Å². The second-order valence-corrected chi connectivity index (χ2v) is 7.36. The molecular weight excluding hydrogens is 352 g/mol. The van der Waals surface area contributed by atoms with E-state index in [1.165, 1.54) is 16.9 Å². The lowest BCUT2D eigenvalue weighted by atomic mass is 9.97. The Labute approximate surface area is 156 Å². The Morgan fingerprint density at radius 3 is 2.58 bits per heavy atom. The number of anilines is 1. The number of aromatic nitrogens is 2. The Bertz CT molecular complexity index is 757. The van der Waals surface area contributed by atoms with Gasteiger partial charge in [-0.15, -0.1) is 10.2 Å². The molecule has 26 heavy (non-hydrogen) atoms. The summed E-state index contributed by atoms with van der Waals surface area (Å²) in [6.07, 6.45) is 1.86. The third-order valence-electron chi connectivity index (χ3n) is 4.69. The maximum absolute atomic E-state index is 12.4. The lowest BCUT2D eigenvalue weighted by molar-refractivity contribution is -0.143. The maximum atomic E-state index is 12.4. The van der Waals surface area contributed by atoms with Crippen LogP contribution < -0.4 is 5.32 Å². The average molecular weight is 374 g/mol. The minimum Gasteiger partial charge on any atom is -0.481 e. The van der Waals surface area contributed by atoms with E-state index in [0.29, 0.717) is 31.1 Å². The SMILES string of the molecule is CCC(c1ccccc1)c1nnc(NC(=O)N2CCC(C(=O)O)CC2)s1. The first-order chi connectivity index (χ1) is 12.6. The molecule has 1 aromatic heterocycles. The predicted octanol–water partition coefficient (Wildman–Crippen LogP) is 3.41. The van der Waals surface area contributed by atoms with Crippen LogP contribution in [-0.4, -0.2) is 45.3 Å². The summed E-state index contributed by atoms with van der Waals surface area (Å²) >= 11 is 1.38. The molecule has 2 aromatic rings. The molecule has 1 saturated heterocycles. The summed E-state index contributed by atoms with van der Waals surface area (Å²) < 4.78 is 0. The molecule has 1 aliphatic heterocycles. The number of benzene rings is 1. The smallest absolute Gasteiger partial charge is 0.323 e. The van der Waals surface area contributed by atoms with Gasteiger partial charge in [0.25, 0.3) is 0 Å². The number of hydrogen-bond acceptors (Lipinski definition) is 5. The molecule has 0 aliphatic carbocycles. The van der Waals surface area contributed by atoms with Crippen molar-refractivity contribution in [1.82, 2.24) is 15.1 Å². The molecule has 0 saturated carbocycles. The largest absolute Gasteiger partial charge is 0.481 e. The number of nitrogens with one attached hydrogen (secondary N) is 1. The number of carbonyl (C=O) groups is 2. The lowest BCUT2D eigenvalue weighted by Crippen LogP contribution is -2.42. The zero-order valence-corrected chi connectivity index (χ0v) is 15.4. The van der Waals surface area contributed by atoms with E-state index in [2.05, 4.69) is 34.6 Å². The van der Waals surface area contributed by atoms with Gasteiger partial charge in [0.2, 0.25) is 5.13 Å². The Hall–Kier alpha value is -2.48. The topological polar surface area (TPSA) is 95.4 Å². The van der Waals surface area contributed by atoms with Gasteiger partial charge in [0.1, 0.15) is 5.01 Å². The molecule has 3 rings (SSSR count). The standard InChI is InChI=1S/C18H22N4O3S/c1-2-14(12-6-4-3-5-7-12)15-20-21-17(26-15)19-18(25)22-10-8-13(9-11-22)16(23)24/h3-7,13-14H,2,8-11H2,1H3,(H,23,24)(H,19,21,25). The molecule has 138 valence electrons. The highest BCUT2D eigenvalue weighted by Gasteiger charge is 2.27. The van der Waals surface area contributed by atoms with Crippen molar-refractivity contribution in [3.05, 3.63) is 40.9 Å². The van der Waals surface area contributed by atoms with Gasteiger partial charge in [-0.25, -0.2) is 4.79 Å². The summed E-state index contributed by atoms with van der Waals surface area (Å²) in [7, 11) is 0. The van der Waals surface area contributed by atoms with E-state index in [1.54, 1.807) is 4.90 Å². The molecule has 2 heterocycles. The van der Waals surface area contributed by atoms with Crippen molar-refractivity contribution >= 4 is 28.5 Å². The van der Waals surface area contributed by atoms with Crippen molar-refractivity contribution in [2.75, 3.05) is 18.4 Å². The Morgan fingerprint density at radius 1 is 1.27 bits per heavy atom. The van der Waals surface area contributed by atoms with Crippen LogP contribution in [-0.2, 0) is 4.79 Å². The lowest BCUT2D eigenvalue weighted by Gasteiger charge is -2.29. The molecule has 0 radical (unpaired) electrons. The Morgan fingerprint density at radius 2 is 1.96 bits per heavy atom. The molecule has 1 aliphatic rings. The number of piperidine rings is 1. The number of carbonyl (C=O) groups excluding carboxylic acids is 1. The number of amides is 2. The number of hydrogen-bond donors (Lipinski definition) is 2. The second kappa shape index (κ2) is 8.27. The van der Waals surface area contributed by atoms with Gasteiger partial charge in [0, 0.05) is 19.0 Å². The van der Waals surface area contributed by atoms with Crippen molar-refractivity contribution in [2.45, 2.75) is 32.1 Å². The summed E-state index contributed by atoms with van der Waals surface area (Å²) in [6.45, 7) is 2.98. The summed E-state index contributed by atoms with van der Waals surface area (Å²) in [5.74, 6) is -0.987. The maximum Gasteiger partial charge on any atom is 0.323 e. The number of aliphatic carboxylic acids is 1. The van der Waals surface area contributed by atoms with Crippen LogP contribution in [0.5, 0.6) is 0 Å². The molecule has 2 amide bonds. The normalized spacial score (nSPS) is 16.3. The number of urea groups is 1. The van der Waals surface area contributed by atoms with Crippen LogP contribution in [0.3, 0.4) is 0 Å². The highest BCUT2D eigenvalue weighted by molar-refractivity contribution is 7.15. The van der Waals surface area contributed by atoms with E-state index in [1.807, 2.05) is 18.2 Å². The number of rotatable bonds is 5. The monoisotopic (exact) mass is 374 g/mol. The average Bonchev–Trinajstić information content (AvgIpc) is 3.11. The minimum absolute atomic E-state index is 0.158. The summed E-state index contributed by atoms with van der Waals surface area (Å²) in [5, 5.41) is 21.5. The van der Waals surface area contributed by atoms with E-state index >= 15 is 0 Å². The number of nitrogens with zero attached hydrogens (tertiary/aromatic N) is 3. The third kappa shape index (κ3) is 4.19. The van der Waals surface area contributed by atoms with E-state index in [-0.39, 0.29) is 17.9 Å². The zero-order valence-electron chi connectivity index (χ0n) is 14.6. The van der Waals surface area contributed by atoms with Crippen molar-refractivity contribution in [3.8, 4) is 0 Å². The molecule has 0 bridgehead atoms. The third-order valence-corrected chi connectivity index (χ3v) is 5.65. The van der Waals surface area contributed by atoms with Gasteiger partial charge in [-0.05, 0) is 24.8 Å². The first-order valence-electron chi connectivity index (χ1n) is 8.75. The van der Waals surface area contributed by atoms with Crippen molar-refractivity contribution in [3.63, 3.8) is 0 Å². The minimum atomic E-state index is -0.787. The first kappa shape index (κ1) is 18.3. The molecule has 1 unspecified atom stereocenters. The van der Waals surface area contributed by atoms with Gasteiger partial charge in [-0.1, -0.05) is 48.6 Å². The fourth-order valence-corrected chi connectivity index (χ4v) is 4.11. The molecule has 1 aromatic carbocycles. The quantitative estimate of drug-likeness (QED) is 0.836. The van der Waals surface area contributed by atoms with Gasteiger partial charge < -0.3 is 10.0 Å². The number of carboxylic acid groups (broad SMARTS) is 1.